The van der Waals surface area contributed by atoms with Crippen molar-refractivity contribution in [2.45, 2.75) is 18.9 Å². The Hall–Kier alpha value is -0.910. The maximum atomic E-state index is 12.8. The van der Waals surface area contributed by atoms with E-state index < -0.39 is 6.43 Å². The molecular formula is C13H17ClF2N2O. The average molecular weight is 291 g/mol. The summed E-state index contributed by atoms with van der Waals surface area (Å²) in [5, 5.41) is 12.8. The summed E-state index contributed by atoms with van der Waals surface area (Å²) in [5.74, 6) is -0.0264. The van der Waals surface area contributed by atoms with Crippen molar-refractivity contribution in [1.29, 1.82) is 0 Å². The van der Waals surface area contributed by atoms with Gasteiger partial charge in [0, 0.05) is 38.6 Å². The Morgan fingerprint density at radius 1 is 1.32 bits per heavy atom. The number of phenolic OH excluding ortho intramolecular Hbond substituents is 1. The van der Waals surface area contributed by atoms with Crippen molar-refractivity contribution in [3.05, 3.63) is 28.8 Å². The number of aromatic hydroxyl groups is 1. The van der Waals surface area contributed by atoms with Crippen LogP contribution in [0.4, 0.5) is 8.78 Å². The molecule has 1 atom stereocenters. The van der Waals surface area contributed by atoms with Gasteiger partial charge in [0.1, 0.15) is 5.75 Å². The molecule has 1 saturated heterocycles. The van der Waals surface area contributed by atoms with Gasteiger partial charge < -0.3 is 10.4 Å². The van der Waals surface area contributed by atoms with Crippen LogP contribution in [-0.2, 0) is 0 Å². The Labute approximate surface area is 116 Å². The molecule has 1 aliphatic rings. The van der Waals surface area contributed by atoms with Gasteiger partial charge in [-0.2, -0.15) is 0 Å². The Kier molecular flexibility index (Phi) is 4.96. The first-order valence-corrected chi connectivity index (χ1v) is 6.67. The largest absolute Gasteiger partial charge is 0.506 e. The zero-order valence-electron chi connectivity index (χ0n) is 10.5. The number of halogens is 3. The van der Waals surface area contributed by atoms with Crippen molar-refractivity contribution in [3.63, 3.8) is 0 Å². The third-order valence-electron chi connectivity index (χ3n) is 3.35. The molecule has 19 heavy (non-hydrogen) atoms. The van der Waals surface area contributed by atoms with E-state index >= 15 is 0 Å². The minimum atomic E-state index is -2.37. The van der Waals surface area contributed by atoms with Crippen molar-refractivity contribution >= 4 is 11.6 Å². The van der Waals surface area contributed by atoms with Crippen molar-refractivity contribution in [2.75, 3.05) is 26.2 Å². The maximum Gasteiger partial charge on any atom is 0.240 e. The Bertz CT molecular complexity index is 425. The molecular weight excluding hydrogens is 274 g/mol. The number of hydrogen-bond acceptors (Lipinski definition) is 3. The van der Waals surface area contributed by atoms with Gasteiger partial charge in [0.05, 0.1) is 5.02 Å². The quantitative estimate of drug-likeness (QED) is 0.895. The van der Waals surface area contributed by atoms with Crippen LogP contribution in [0.3, 0.4) is 0 Å². The number of hydrogen-bond donors (Lipinski definition) is 2. The van der Waals surface area contributed by atoms with Gasteiger partial charge in [-0.3, -0.25) is 4.90 Å². The molecule has 106 valence electrons. The highest BCUT2D eigenvalue weighted by Gasteiger charge is 2.25. The number of nitrogens with one attached hydrogen (secondary N) is 1. The van der Waals surface area contributed by atoms with E-state index in [0.717, 1.165) is 31.7 Å². The van der Waals surface area contributed by atoms with Crippen LogP contribution in [0.15, 0.2) is 18.2 Å². The van der Waals surface area contributed by atoms with E-state index in [0.29, 0.717) is 0 Å². The Balaban J connectivity index is 2.22. The summed E-state index contributed by atoms with van der Waals surface area (Å²) < 4.78 is 25.6. The molecule has 1 aromatic rings. The fourth-order valence-electron chi connectivity index (χ4n) is 2.39. The van der Waals surface area contributed by atoms with Crippen LogP contribution in [0.2, 0.25) is 5.02 Å². The first-order valence-electron chi connectivity index (χ1n) is 6.29. The molecule has 0 aliphatic carbocycles. The zero-order valence-corrected chi connectivity index (χ0v) is 11.2. The molecule has 2 N–H and O–H groups in total. The smallest absolute Gasteiger partial charge is 0.240 e. The Morgan fingerprint density at radius 3 is 2.58 bits per heavy atom. The third-order valence-corrected chi connectivity index (χ3v) is 3.65. The molecule has 3 nitrogen and oxygen atoms in total. The van der Waals surface area contributed by atoms with Crippen LogP contribution >= 0.6 is 11.6 Å². The second-order valence-electron chi connectivity index (χ2n) is 4.64. The molecule has 1 aromatic carbocycles. The lowest BCUT2D eigenvalue weighted by molar-refractivity contribution is 0.0739. The van der Waals surface area contributed by atoms with Crippen LogP contribution in [0.5, 0.6) is 5.75 Å². The normalized spacial score (nSPS) is 18.7. The maximum absolute atomic E-state index is 12.8. The summed E-state index contributed by atoms with van der Waals surface area (Å²) in [5.41, 5.74) is 0.727. The predicted molar refractivity (Wildman–Crippen MR) is 70.9 cm³/mol. The molecule has 0 amide bonds. The second-order valence-corrected chi connectivity index (χ2v) is 5.05. The van der Waals surface area contributed by atoms with Gasteiger partial charge in [0.15, 0.2) is 0 Å². The van der Waals surface area contributed by atoms with Crippen molar-refractivity contribution < 1.29 is 13.9 Å². The minimum absolute atomic E-state index is 0.0264. The number of alkyl halides is 2. The van der Waals surface area contributed by atoms with Crippen molar-refractivity contribution in [3.8, 4) is 5.75 Å². The highest BCUT2D eigenvalue weighted by molar-refractivity contribution is 6.32. The Morgan fingerprint density at radius 2 is 2.00 bits per heavy atom. The number of piperazine rings is 1. The molecule has 0 saturated carbocycles. The summed E-state index contributed by atoms with van der Waals surface area (Å²) in [4.78, 5) is 2.03. The summed E-state index contributed by atoms with van der Waals surface area (Å²) >= 11 is 5.87. The molecule has 0 bridgehead atoms. The van der Waals surface area contributed by atoms with E-state index in [1.807, 2.05) is 4.90 Å². The fraction of sp³-hybridized carbons (Fsp3) is 0.538. The SMILES string of the molecule is Oc1ccc([C@@H](CC(F)F)N2CCNCC2)cc1Cl. The van der Waals surface area contributed by atoms with Gasteiger partial charge >= 0.3 is 0 Å². The van der Waals surface area contributed by atoms with E-state index in [1.54, 1.807) is 12.1 Å². The van der Waals surface area contributed by atoms with Gasteiger partial charge in [0.2, 0.25) is 6.43 Å². The van der Waals surface area contributed by atoms with Gasteiger partial charge in [0.25, 0.3) is 0 Å². The van der Waals surface area contributed by atoms with Crippen molar-refractivity contribution in [2.24, 2.45) is 0 Å². The van der Waals surface area contributed by atoms with Crippen LogP contribution in [-0.4, -0.2) is 42.6 Å². The van der Waals surface area contributed by atoms with E-state index in [-0.39, 0.29) is 23.2 Å². The van der Waals surface area contributed by atoms with Crippen LogP contribution < -0.4 is 5.32 Å². The summed E-state index contributed by atoms with van der Waals surface area (Å²) in [7, 11) is 0. The molecule has 1 fully saturated rings. The predicted octanol–water partition coefficient (Wildman–Crippen LogP) is 2.65. The number of phenols is 1. The van der Waals surface area contributed by atoms with Crippen LogP contribution in [0.25, 0.3) is 0 Å². The average Bonchev–Trinajstić information content (AvgIpc) is 2.40. The summed E-state index contributed by atoms with van der Waals surface area (Å²) in [6.45, 7) is 3.06. The van der Waals surface area contributed by atoms with Crippen LogP contribution in [0.1, 0.15) is 18.0 Å². The molecule has 2 rings (SSSR count). The summed E-state index contributed by atoms with van der Waals surface area (Å²) in [6.07, 6.45) is -2.59. The zero-order chi connectivity index (χ0) is 13.8. The van der Waals surface area contributed by atoms with Gasteiger partial charge in [-0.25, -0.2) is 8.78 Å². The monoisotopic (exact) mass is 290 g/mol. The van der Waals surface area contributed by atoms with Crippen LogP contribution in [0, 0.1) is 0 Å². The number of nitrogens with zero attached hydrogens (tertiary/aromatic N) is 1. The highest BCUT2D eigenvalue weighted by Crippen LogP contribution is 2.32. The molecule has 0 unspecified atom stereocenters. The van der Waals surface area contributed by atoms with Gasteiger partial charge in [-0.05, 0) is 17.7 Å². The fourth-order valence-corrected chi connectivity index (χ4v) is 2.58. The van der Waals surface area contributed by atoms with E-state index in [2.05, 4.69) is 5.32 Å². The third kappa shape index (κ3) is 3.78. The number of rotatable bonds is 4. The minimum Gasteiger partial charge on any atom is -0.506 e. The first-order chi connectivity index (χ1) is 9.08. The standard InChI is InChI=1S/C13H17ClF2N2O/c14-10-7-9(1-2-12(10)19)11(8-13(15)16)18-5-3-17-4-6-18/h1-2,7,11,13,17,19H,3-6,8H2/t11-/m1/s1. The lowest BCUT2D eigenvalue weighted by Gasteiger charge is -2.35. The first kappa shape index (κ1) is 14.5. The molecule has 0 radical (unpaired) electrons. The molecule has 1 heterocycles. The lowest BCUT2D eigenvalue weighted by atomic mass is 10.0. The van der Waals surface area contributed by atoms with Gasteiger partial charge in [-0.1, -0.05) is 17.7 Å². The highest BCUT2D eigenvalue weighted by atomic mass is 35.5. The molecule has 6 heteroatoms. The van der Waals surface area contributed by atoms with E-state index in [1.165, 1.54) is 6.07 Å². The summed E-state index contributed by atoms with van der Waals surface area (Å²) in [6, 6.07) is 4.33. The van der Waals surface area contributed by atoms with Gasteiger partial charge in [-0.15, -0.1) is 0 Å². The molecule has 0 aromatic heterocycles. The van der Waals surface area contributed by atoms with E-state index in [9.17, 15) is 13.9 Å². The van der Waals surface area contributed by atoms with E-state index in [4.69, 9.17) is 11.6 Å². The lowest BCUT2D eigenvalue weighted by Crippen LogP contribution is -2.45. The second kappa shape index (κ2) is 6.50. The topological polar surface area (TPSA) is 35.5 Å². The molecule has 0 spiro atoms. The molecule has 1 aliphatic heterocycles. The van der Waals surface area contributed by atoms with Crippen molar-refractivity contribution in [1.82, 2.24) is 10.2 Å². The number of benzene rings is 1.